The lowest BCUT2D eigenvalue weighted by molar-refractivity contribution is 0.309. The van der Waals surface area contributed by atoms with Gasteiger partial charge in [-0.3, -0.25) is 4.90 Å². The molecule has 0 bridgehead atoms. The van der Waals surface area contributed by atoms with E-state index in [0.717, 1.165) is 30.7 Å². The number of ether oxygens (including phenoxy) is 1. The second kappa shape index (κ2) is 8.00. The number of thioether (sulfide) groups is 1. The van der Waals surface area contributed by atoms with Crippen LogP contribution >= 0.6 is 11.8 Å². The van der Waals surface area contributed by atoms with Gasteiger partial charge in [-0.2, -0.15) is 0 Å². The highest BCUT2D eigenvalue weighted by atomic mass is 32.2. The predicted octanol–water partition coefficient (Wildman–Crippen LogP) is 3.88. The average Bonchev–Trinajstić information content (AvgIpc) is 3.08. The molecule has 0 spiro atoms. The van der Waals surface area contributed by atoms with E-state index in [9.17, 15) is 8.42 Å². The Morgan fingerprint density at radius 3 is 2.50 bits per heavy atom. The number of hydrogen-bond donors (Lipinski definition) is 1. The third kappa shape index (κ3) is 4.06. The molecule has 0 radical (unpaired) electrons. The maximum atomic E-state index is 12.2. The molecule has 1 saturated heterocycles. The Balaban J connectivity index is 1.99. The van der Waals surface area contributed by atoms with Crippen molar-refractivity contribution in [2.24, 2.45) is 0 Å². The Kier molecular flexibility index (Phi) is 5.92. The molecule has 0 aromatic heterocycles. The van der Waals surface area contributed by atoms with Gasteiger partial charge in [0, 0.05) is 16.5 Å². The molecule has 2 aromatic rings. The van der Waals surface area contributed by atoms with E-state index >= 15 is 0 Å². The van der Waals surface area contributed by atoms with E-state index in [1.54, 1.807) is 30.0 Å². The summed E-state index contributed by atoms with van der Waals surface area (Å²) in [6.07, 6.45) is 4.11. The van der Waals surface area contributed by atoms with Crippen molar-refractivity contribution in [2.45, 2.75) is 28.7 Å². The Morgan fingerprint density at radius 2 is 1.92 bits per heavy atom. The van der Waals surface area contributed by atoms with Gasteiger partial charge in [0.05, 0.1) is 4.90 Å². The maximum absolute atomic E-state index is 12.2. The Morgan fingerprint density at radius 1 is 1.19 bits per heavy atom. The van der Waals surface area contributed by atoms with Crippen LogP contribution in [0.2, 0.25) is 0 Å². The van der Waals surface area contributed by atoms with Crippen molar-refractivity contribution in [1.29, 1.82) is 0 Å². The molecule has 1 fully saturated rings. The lowest BCUT2D eigenvalue weighted by Crippen LogP contribution is -2.21. The molecule has 26 heavy (non-hydrogen) atoms. The monoisotopic (exact) mass is 392 g/mol. The predicted molar refractivity (Wildman–Crippen MR) is 106 cm³/mol. The SMILES string of the molecule is CNS(=O)(=O)c1ccc(Oc2ccc(SC)cc2)c(C2CCCN2C)c1. The van der Waals surface area contributed by atoms with E-state index in [1.165, 1.54) is 11.9 Å². The van der Waals surface area contributed by atoms with Crippen LogP contribution in [0.15, 0.2) is 52.3 Å². The molecule has 1 heterocycles. The largest absolute Gasteiger partial charge is 0.457 e. The third-order valence-corrected chi connectivity index (χ3v) is 6.88. The molecular formula is C19H24N2O3S2. The van der Waals surface area contributed by atoms with Crippen molar-refractivity contribution in [2.75, 3.05) is 26.9 Å². The van der Waals surface area contributed by atoms with Crippen LogP contribution in [0.3, 0.4) is 0 Å². The number of nitrogens with one attached hydrogen (secondary N) is 1. The molecule has 5 nitrogen and oxygen atoms in total. The van der Waals surface area contributed by atoms with Crippen LogP contribution in [0, 0.1) is 0 Å². The van der Waals surface area contributed by atoms with E-state index < -0.39 is 10.0 Å². The number of benzene rings is 2. The second-order valence-electron chi connectivity index (χ2n) is 6.32. The van der Waals surface area contributed by atoms with Gasteiger partial charge in [-0.25, -0.2) is 13.1 Å². The van der Waals surface area contributed by atoms with Gasteiger partial charge in [-0.05, 0) is 82.2 Å². The molecule has 0 amide bonds. The number of hydrogen-bond acceptors (Lipinski definition) is 5. The van der Waals surface area contributed by atoms with E-state index in [-0.39, 0.29) is 10.9 Å². The van der Waals surface area contributed by atoms with E-state index in [1.807, 2.05) is 30.5 Å². The van der Waals surface area contributed by atoms with Gasteiger partial charge in [0.15, 0.2) is 0 Å². The fourth-order valence-corrected chi connectivity index (χ4v) is 4.41. The fourth-order valence-electron chi connectivity index (χ4n) is 3.24. The lowest BCUT2D eigenvalue weighted by Gasteiger charge is -2.23. The van der Waals surface area contributed by atoms with Crippen molar-refractivity contribution < 1.29 is 13.2 Å². The van der Waals surface area contributed by atoms with Crippen molar-refractivity contribution in [3.63, 3.8) is 0 Å². The standard InChI is InChI=1S/C19H24N2O3S2/c1-20-26(22,23)16-10-11-19(17(13-16)18-5-4-12-21(18)2)24-14-6-8-15(25-3)9-7-14/h6-11,13,18,20H,4-5,12H2,1-3H3. The van der Waals surface area contributed by atoms with Crippen LogP contribution in [0.5, 0.6) is 11.5 Å². The molecule has 2 aromatic carbocycles. The Labute approximate surface area is 159 Å². The summed E-state index contributed by atoms with van der Waals surface area (Å²) in [7, 11) is -0.00472. The van der Waals surface area contributed by atoms with Crippen LogP contribution < -0.4 is 9.46 Å². The molecule has 1 aliphatic heterocycles. The van der Waals surface area contributed by atoms with E-state index in [0.29, 0.717) is 5.75 Å². The summed E-state index contributed by atoms with van der Waals surface area (Å²) in [6.45, 7) is 0.996. The van der Waals surface area contributed by atoms with Gasteiger partial charge < -0.3 is 4.74 Å². The number of rotatable bonds is 6. The van der Waals surface area contributed by atoms with Crippen molar-refractivity contribution in [3.05, 3.63) is 48.0 Å². The van der Waals surface area contributed by atoms with Gasteiger partial charge >= 0.3 is 0 Å². The molecule has 1 atom stereocenters. The van der Waals surface area contributed by atoms with E-state index in [4.69, 9.17) is 4.74 Å². The van der Waals surface area contributed by atoms with Crippen LogP contribution in [0.25, 0.3) is 0 Å². The summed E-state index contributed by atoms with van der Waals surface area (Å²) >= 11 is 1.68. The first-order valence-electron chi connectivity index (χ1n) is 8.54. The zero-order valence-corrected chi connectivity index (χ0v) is 16.9. The Hall–Kier alpha value is -1.54. The van der Waals surface area contributed by atoms with Crippen LogP contribution in [-0.4, -0.2) is 40.2 Å². The average molecular weight is 393 g/mol. The lowest BCUT2D eigenvalue weighted by atomic mass is 10.0. The summed E-state index contributed by atoms with van der Waals surface area (Å²) in [5, 5.41) is 0. The van der Waals surface area contributed by atoms with Crippen molar-refractivity contribution in [1.82, 2.24) is 9.62 Å². The van der Waals surface area contributed by atoms with Gasteiger partial charge in [0.1, 0.15) is 11.5 Å². The molecular weight excluding hydrogens is 368 g/mol. The summed E-state index contributed by atoms with van der Waals surface area (Å²) in [5.74, 6) is 1.45. The Bertz CT molecular complexity index is 867. The second-order valence-corrected chi connectivity index (χ2v) is 9.09. The van der Waals surface area contributed by atoms with Crippen molar-refractivity contribution in [3.8, 4) is 11.5 Å². The summed E-state index contributed by atoms with van der Waals surface area (Å²) < 4.78 is 32.9. The molecule has 7 heteroatoms. The zero-order chi connectivity index (χ0) is 18.7. The third-order valence-electron chi connectivity index (χ3n) is 4.73. The smallest absolute Gasteiger partial charge is 0.240 e. The number of likely N-dealkylation sites (tertiary alicyclic amines) is 1. The quantitative estimate of drug-likeness (QED) is 0.756. The van der Waals surface area contributed by atoms with Crippen LogP contribution in [0.1, 0.15) is 24.4 Å². The maximum Gasteiger partial charge on any atom is 0.240 e. The minimum Gasteiger partial charge on any atom is -0.457 e. The van der Waals surface area contributed by atoms with Crippen LogP contribution in [-0.2, 0) is 10.0 Å². The topological polar surface area (TPSA) is 58.6 Å². The van der Waals surface area contributed by atoms with Gasteiger partial charge in [-0.1, -0.05) is 0 Å². The molecule has 1 aliphatic rings. The first-order valence-corrected chi connectivity index (χ1v) is 11.2. The van der Waals surface area contributed by atoms with E-state index in [2.05, 4.69) is 16.7 Å². The minimum atomic E-state index is -3.49. The summed E-state index contributed by atoms with van der Waals surface area (Å²) in [5.41, 5.74) is 0.912. The summed E-state index contributed by atoms with van der Waals surface area (Å²) in [4.78, 5) is 3.68. The molecule has 1 unspecified atom stereocenters. The van der Waals surface area contributed by atoms with Gasteiger partial charge in [-0.15, -0.1) is 11.8 Å². The van der Waals surface area contributed by atoms with Crippen LogP contribution in [0.4, 0.5) is 0 Å². The highest BCUT2D eigenvalue weighted by Crippen LogP contribution is 2.39. The molecule has 140 valence electrons. The fraction of sp³-hybridized carbons (Fsp3) is 0.368. The zero-order valence-electron chi connectivity index (χ0n) is 15.2. The number of sulfonamides is 1. The van der Waals surface area contributed by atoms with Crippen molar-refractivity contribution >= 4 is 21.8 Å². The molecule has 0 saturated carbocycles. The highest BCUT2D eigenvalue weighted by Gasteiger charge is 2.27. The first kappa shape index (κ1) is 19.2. The van der Waals surface area contributed by atoms with Gasteiger partial charge in [0.25, 0.3) is 0 Å². The highest BCUT2D eigenvalue weighted by molar-refractivity contribution is 7.98. The molecule has 1 N–H and O–H groups in total. The summed E-state index contributed by atoms with van der Waals surface area (Å²) in [6, 6.07) is 13.1. The van der Waals surface area contributed by atoms with Gasteiger partial charge in [0.2, 0.25) is 10.0 Å². The number of nitrogens with zero attached hydrogens (tertiary/aromatic N) is 1. The molecule has 3 rings (SSSR count). The normalized spacial score (nSPS) is 18.2. The molecule has 0 aliphatic carbocycles. The minimum absolute atomic E-state index is 0.155. The first-order chi connectivity index (χ1) is 12.4.